The van der Waals surface area contributed by atoms with Crippen LogP contribution in [-0.2, 0) is 10.3 Å². The van der Waals surface area contributed by atoms with Crippen molar-refractivity contribution < 1.29 is 4.79 Å². The number of nitrogens with one attached hydrogen (secondary N) is 1. The lowest BCUT2D eigenvalue weighted by atomic mass is 9.74. The van der Waals surface area contributed by atoms with Crippen molar-refractivity contribution in [3.8, 4) is 6.07 Å². The average Bonchev–Trinajstić information content (AvgIpc) is 2.93. The molecule has 1 fully saturated rings. The van der Waals surface area contributed by atoms with Gasteiger partial charge in [-0.05, 0) is 26.7 Å². The van der Waals surface area contributed by atoms with Crippen LogP contribution in [0.2, 0.25) is 0 Å². The molecule has 0 atom stereocenters. The highest BCUT2D eigenvalue weighted by Crippen LogP contribution is 2.37. The van der Waals surface area contributed by atoms with Crippen LogP contribution in [0.15, 0.2) is 11.6 Å². The zero-order chi connectivity index (χ0) is 13.9. The molecule has 1 aliphatic rings. The van der Waals surface area contributed by atoms with Gasteiger partial charge in [0, 0.05) is 11.6 Å². The summed E-state index contributed by atoms with van der Waals surface area (Å²) in [5.41, 5.74) is -1.36. The summed E-state index contributed by atoms with van der Waals surface area (Å²) in [6.45, 7) is 3.86. The fourth-order valence-corrected chi connectivity index (χ4v) is 3.25. The second kappa shape index (κ2) is 5.30. The van der Waals surface area contributed by atoms with E-state index in [9.17, 15) is 10.1 Å². The monoisotopic (exact) mass is 277 g/mol. The Kier molecular flexibility index (Phi) is 3.91. The van der Waals surface area contributed by atoms with Gasteiger partial charge < -0.3 is 5.32 Å². The van der Waals surface area contributed by atoms with Gasteiger partial charge in [-0.25, -0.2) is 4.98 Å². The Morgan fingerprint density at radius 2 is 2.16 bits per heavy atom. The van der Waals surface area contributed by atoms with Crippen LogP contribution in [0.3, 0.4) is 0 Å². The number of carbonyl (C=O) groups excluding carboxylic acids is 1. The first-order chi connectivity index (χ1) is 9.00. The molecule has 2 rings (SSSR count). The molecule has 0 bridgehead atoms. The maximum Gasteiger partial charge on any atom is 0.241 e. The van der Waals surface area contributed by atoms with E-state index in [0.29, 0.717) is 12.8 Å². The van der Waals surface area contributed by atoms with Gasteiger partial charge in [-0.2, -0.15) is 5.26 Å². The van der Waals surface area contributed by atoms with Gasteiger partial charge in [0.1, 0.15) is 10.4 Å². The van der Waals surface area contributed by atoms with Crippen LogP contribution in [0.1, 0.15) is 51.0 Å². The molecule has 1 N–H and O–H groups in total. The van der Waals surface area contributed by atoms with Crippen molar-refractivity contribution in [2.45, 2.75) is 51.5 Å². The van der Waals surface area contributed by atoms with Crippen molar-refractivity contribution in [3.63, 3.8) is 0 Å². The molecular weight excluding hydrogens is 258 g/mol. The van der Waals surface area contributed by atoms with Gasteiger partial charge in [-0.15, -0.1) is 11.3 Å². The largest absolute Gasteiger partial charge is 0.343 e. The lowest BCUT2D eigenvalue weighted by Gasteiger charge is -2.33. The van der Waals surface area contributed by atoms with Crippen LogP contribution in [-0.4, -0.2) is 10.9 Å². The molecule has 0 aromatic carbocycles. The standard InChI is InChI=1S/C14H19N3OS/c1-13(2,12-16-8-9-19-12)17-11(18)14(10-15)6-4-3-5-7-14/h8-9H,3-7H2,1-2H3,(H,17,18). The second-order valence-electron chi connectivity index (χ2n) is 5.67. The predicted molar refractivity (Wildman–Crippen MR) is 74.4 cm³/mol. The third-order valence-corrected chi connectivity index (χ3v) is 4.85. The van der Waals surface area contributed by atoms with E-state index >= 15 is 0 Å². The van der Waals surface area contributed by atoms with Crippen molar-refractivity contribution in [3.05, 3.63) is 16.6 Å². The smallest absolute Gasteiger partial charge is 0.241 e. The molecule has 1 aliphatic carbocycles. The Morgan fingerprint density at radius 1 is 1.47 bits per heavy atom. The maximum absolute atomic E-state index is 12.5. The van der Waals surface area contributed by atoms with Crippen molar-refractivity contribution >= 4 is 17.2 Å². The summed E-state index contributed by atoms with van der Waals surface area (Å²) < 4.78 is 0. The van der Waals surface area contributed by atoms with Crippen LogP contribution in [0.5, 0.6) is 0 Å². The minimum Gasteiger partial charge on any atom is -0.343 e. The molecule has 0 unspecified atom stereocenters. The molecule has 0 saturated heterocycles. The number of rotatable bonds is 3. The fraction of sp³-hybridized carbons (Fsp3) is 0.643. The molecule has 0 aliphatic heterocycles. The number of hydrogen-bond acceptors (Lipinski definition) is 4. The molecule has 1 aromatic heterocycles. The van der Waals surface area contributed by atoms with E-state index in [4.69, 9.17) is 0 Å². The lowest BCUT2D eigenvalue weighted by molar-refractivity contribution is -0.131. The quantitative estimate of drug-likeness (QED) is 0.923. The van der Waals surface area contributed by atoms with Crippen molar-refractivity contribution in [1.29, 1.82) is 5.26 Å². The molecule has 102 valence electrons. The number of thiazole rings is 1. The summed E-state index contributed by atoms with van der Waals surface area (Å²) in [6, 6.07) is 2.26. The molecule has 0 radical (unpaired) electrons. The number of amides is 1. The first kappa shape index (κ1) is 14.0. The summed E-state index contributed by atoms with van der Waals surface area (Å²) in [6.07, 6.45) is 6.10. The topological polar surface area (TPSA) is 65.8 Å². The summed E-state index contributed by atoms with van der Waals surface area (Å²) in [7, 11) is 0. The van der Waals surface area contributed by atoms with E-state index in [1.54, 1.807) is 6.20 Å². The van der Waals surface area contributed by atoms with Crippen LogP contribution in [0.4, 0.5) is 0 Å². The van der Waals surface area contributed by atoms with Gasteiger partial charge in [0.05, 0.1) is 11.6 Å². The molecule has 1 saturated carbocycles. The van der Waals surface area contributed by atoms with Gasteiger partial charge in [0.25, 0.3) is 0 Å². The molecule has 1 aromatic rings. The summed E-state index contributed by atoms with van der Waals surface area (Å²) in [4.78, 5) is 16.8. The number of hydrogen-bond donors (Lipinski definition) is 1. The number of nitrogens with zero attached hydrogens (tertiary/aromatic N) is 2. The molecule has 1 heterocycles. The summed E-state index contributed by atoms with van der Waals surface area (Å²) >= 11 is 1.52. The fourth-order valence-electron chi connectivity index (χ4n) is 2.53. The van der Waals surface area contributed by atoms with Gasteiger partial charge in [-0.3, -0.25) is 4.79 Å². The third-order valence-electron chi connectivity index (χ3n) is 3.75. The van der Waals surface area contributed by atoms with Crippen LogP contribution < -0.4 is 5.32 Å². The predicted octanol–water partition coefficient (Wildman–Crippen LogP) is 2.97. The highest BCUT2D eigenvalue weighted by atomic mass is 32.1. The van der Waals surface area contributed by atoms with E-state index in [2.05, 4.69) is 16.4 Å². The summed E-state index contributed by atoms with van der Waals surface area (Å²) in [5.74, 6) is -0.144. The number of nitriles is 1. The van der Waals surface area contributed by atoms with E-state index in [1.165, 1.54) is 11.3 Å². The third kappa shape index (κ3) is 2.79. The Morgan fingerprint density at radius 3 is 2.68 bits per heavy atom. The first-order valence-corrected chi connectivity index (χ1v) is 7.52. The number of carbonyl (C=O) groups is 1. The van der Waals surface area contributed by atoms with E-state index in [1.807, 2.05) is 19.2 Å². The molecule has 1 amide bonds. The number of aromatic nitrogens is 1. The SMILES string of the molecule is CC(C)(NC(=O)C1(C#N)CCCCC1)c1nccs1. The van der Waals surface area contributed by atoms with Crippen LogP contribution in [0.25, 0.3) is 0 Å². The van der Waals surface area contributed by atoms with E-state index in [-0.39, 0.29) is 5.91 Å². The Hall–Kier alpha value is -1.41. The highest BCUT2D eigenvalue weighted by molar-refractivity contribution is 7.09. The summed E-state index contributed by atoms with van der Waals surface area (Å²) in [5, 5.41) is 15.2. The van der Waals surface area contributed by atoms with Gasteiger partial charge in [0.15, 0.2) is 0 Å². The normalized spacial score (nSPS) is 18.6. The molecule has 5 heteroatoms. The maximum atomic E-state index is 12.5. The lowest BCUT2D eigenvalue weighted by Crippen LogP contribution is -2.49. The van der Waals surface area contributed by atoms with Gasteiger partial charge >= 0.3 is 0 Å². The minimum absolute atomic E-state index is 0.144. The Balaban J connectivity index is 2.14. The van der Waals surface area contributed by atoms with E-state index in [0.717, 1.165) is 24.3 Å². The molecular formula is C14H19N3OS. The Bertz CT molecular complexity index is 481. The van der Waals surface area contributed by atoms with E-state index < -0.39 is 11.0 Å². The Labute approximate surface area is 117 Å². The van der Waals surface area contributed by atoms with Crippen molar-refractivity contribution in [1.82, 2.24) is 10.3 Å². The van der Waals surface area contributed by atoms with Crippen LogP contribution in [0, 0.1) is 16.7 Å². The van der Waals surface area contributed by atoms with Crippen molar-refractivity contribution in [2.75, 3.05) is 0 Å². The minimum atomic E-state index is -0.840. The molecule has 0 spiro atoms. The zero-order valence-electron chi connectivity index (χ0n) is 11.4. The average molecular weight is 277 g/mol. The molecule has 19 heavy (non-hydrogen) atoms. The van der Waals surface area contributed by atoms with Crippen molar-refractivity contribution in [2.24, 2.45) is 5.41 Å². The zero-order valence-corrected chi connectivity index (χ0v) is 12.2. The first-order valence-electron chi connectivity index (χ1n) is 6.64. The van der Waals surface area contributed by atoms with Crippen LogP contribution >= 0.6 is 11.3 Å². The van der Waals surface area contributed by atoms with Gasteiger partial charge in [0.2, 0.25) is 5.91 Å². The molecule has 4 nitrogen and oxygen atoms in total. The second-order valence-corrected chi connectivity index (χ2v) is 6.57. The van der Waals surface area contributed by atoms with Gasteiger partial charge in [-0.1, -0.05) is 19.3 Å². The highest BCUT2D eigenvalue weighted by Gasteiger charge is 2.42.